The summed E-state index contributed by atoms with van der Waals surface area (Å²) in [5, 5.41) is 2.94. The van der Waals surface area contributed by atoms with Crippen molar-refractivity contribution in [2.45, 2.75) is 38.5 Å². The molecule has 156 valence electrons. The third-order valence-electron chi connectivity index (χ3n) is 5.53. The number of carbonyl (C=O) groups is 1. The minimum absolute atomic E-state index is 0.140. The normalized spacial score (nSPS) is 17.7. The first-order chi connectivity index (χ1) is 13.7. The third kappa shape index (κ3) is 4.62. The number of aryl methyl sites for hydroxylation is 3. The summed E-state index contributed by atoms with van der Waals surface area (Å²) in [7, 11) is -2.11. The molecule has 1 N–H and O–H groups in total. The number of piperidine rings is 1. The summed E-state index contributed by atoms with van der Waals surface area (Å²) in [6, 6.07) is 10.6. The Morgan fingerprint density at radius 1 is 1.07 bits per heavy atom. The zero-order valence-corrected chi connectivity index (χ0v) is 18.2. The van der Waals surface area contributed by atoms with Gasteiger partial charge >= 0.3 is 0 Å². The summed E-state index contributed by atoms with van der Waals surface area (Å²) in [6.45, 7) is 6.43. The van der Waals surface area contributed by atoms with Crippen LogP contribution in [0, 0.1) is 26.7 Å². The number of sulfonamides is 1. The van der Waals surface area contributed by atoms with Crippen LogP contribution in [0.2, 0.25) is 0 Å². The molecule has 1 unspecified atom stereocenters. The fourth-order valence-corrected chi connectivity index (χ4v) is 5.21. The summed E-state index contributed by atoms with van der Waals surface area (Å²) >= 11 is 0. The molecule has 1 saturated heterocycles. The molecule has 1 aliphatic rings. The number of carbonyl (C=O) groups excluding carboxylic acids is 1. The van der Waals surface area contributed by atoms with E-state index in [2.05, 4.69) is 5.32 Å². The maximum atomic E-state index is 13.1. The van der Waals surface area contributed by atoms with Gasteiger partial charge in [-0.15, -0.1) is 0 Å². The Morgan fingerprint density at radius 2 is 1.83 bits per heavy atom. The quantitative estimate of drug-likeness (QED) is 0.807. The van der Waals surface area contributed by atoms with Gasteiger partial charge in [0.1, 0.15) is 5.75 Å². The fourth-order valence-electron chi connectivity index (χ4n) is 3.60. The van der Waals surface area contributed by atoms with Crippen LogP contribution >= 0.6 is 0 Å². The topological polar surface area (TPSA) is 75.7 Å². The first-order valence-electron chi connectivity index (χ1n) is 9.75. The lowest BCUT2D eigenvalue weighted by atomic mass is 9.98. The number of amides is 1. The van der Waals surface area contributed by atoms with Gasteiger partial charge in [0, 0.05) is 18.8 Å². The highest BCUT2D eigenvalue weighted by Crippen LogP contribution is 2.28. The highest BCUT2D eigenvalue weighted by molar-refractivity contribution is 7.89. The Bertz CT molecular complexity index is 1020. The molecule has 2 aromatic carbocycles. The largest absolute Gasteiger partial charge is 0.496 e. The van der Waals surface area contributed by atoms with Crippen LogP contribution < -0.4 is 10.1 Å². The molecular formula is C22H28N2O4S. The van der Waals surface area contributed by atoms with Crippen molar-refractivity contribution in [2.24, 2.45) is 5.92 Å². The molecule has 3 rings (SSSR count). The summed E-state index contributed by atoms with van der Waals surface area (Å²) < 4.78 is 32.8. The van der Waals surface area contributed by atoms with Crippen LogP contribution in [-0.4, -0.2) is 38.8 Å². The second-order valence-corrected chi connectivity index (χ2v) is 9.56. The van der Waals surface area contributed by atoms with Gasteiger partial charge in [-0.3, -0.25) is 4.79 Å². The van der Waals surface area contributed by atoms with Crippen LogP contribution in [0.4, 0.5) is 5.69 Å². The molecule has 1 heterocycles. The standard InChI is InChI=1S/C22H28N2O4S/c1-15-7-8-19(12-16(15)2)23-22(25)18-6-5-11-24(14-18)29(26,27)20-9-10-21(28-4)17(3)13-20/h7-10,12-13,18H,5-6,11,14H2,1-4H3,(H,23,25). The Kier molecular flexibility index (Phi) is 6.29. The van der Waals surface area contributed by atoms with E-state index in [-0.39, 0.29) is 23.3 Å². The number of hydrogen-bond donors (Lipinski definition) is 1. The zero-order valence-electron chi connectivity index (χ0n) is 17.4. The van der Waals surface area contributed by atoms with Gasteiger partial charge in [0.15, 0.2) is 0 Å². The summed E-state index contributed by atoms with van der Waals surface area (Å²) in [6.07, 6.45) is 1.32. The van der Waals surface area contributed by atoms with Crippen LogP contribution in [0.3, 0.4) is 0 Å². The van der Waals surface area contributed by atoms with Crippen molar-refractivity contribution in [2.75, 3.05) is 25.5 Å². The van der Waals surface area contributed by atoms with Crippen molar-refractivity contribution in [1.82, 2.24) is 4.31 Å². The summed E-state index contributed by atoms with van der Waals surface area (Å²) in [5.41, 5.74) is 3.76. The molecule has 1 amide bonds. The van der Waals surface area contributed by atoms with Crippen molar-refractivity contribution in [3.05, 3.63) is 53.1 Å². The number of hydrogen-bond acceptors (Lipinski definition) is 4. The van der Waals surface area contributed by atoms with E-state index in [0.29, 0.717) is 25.1 Å². The molecule has 0 radical (unpaired) electrons. The van der Waals surface area contributed by atoms with Crippen LogP contribution in [0.15, 0.2) is 41.3 Å². The van der Waals surface area contributed by atoms with E-state index in [9.17, 15) is 13.2 Å². The predicted octanol–water partition coefficient (Wildman–Crippen LogP) is 3.66. The van der Waals surface area contributed by atoms with Gasteiger partial charge in [0.25, 0.3) is 0 Å². The minimum Gasteiger partial charge on any atom is -0.496 e. The van der Waals surface area contributed by atoms with E-state index in [1.54, 1.807) is 25.3 Å². The van der Waals surface area contributed by atoms with E-state index in [1.807, 2.05) is 39.0 Å². The number of benzene rings is 2. The first kappa shape index (κ1) is 21.3. The van der Waals surface area contributed by atoms with Gasteiger partial charge in [0.05, 0.1) is 17.9 Å². The zero-order chi connectivity index (χ0) is 21.2. The molecule has 2 aromatic rings. The van der Waals surface area contributed by atoms with Gasteiger partial charge in [-0.25, -0.2) is 8.42 Å². The molecule has 1 atom stereocenters. The van der Waals surface area contributed by atoms with Crippen LogP contribution in [-0.2, 0) is 14.8 Å². The monoisotopic (exact) mass is 416 g/mol. The van der Waals surface area contributed by atoms with E-state index in [1.165, 1.54) is 4.31 Å². The summed E-state index contributed by atoms with van der Waals surface area (Å²) in [4.78, 5) is 13.0. The van der Waals surface area contributed by atoms with Crippen molar-refractivity contribution in [1.29, 1.82) is 0 Å². The van der Waals surface area contributed by atoms with Gasteiger partial charge < -0.3 is 10.1 Å². The highest BCUT2D eigenvalue weighted by atomic mass is 32.2. The minimum atomic E-state index is -3.66. The number of rotatable bonds is 5. The average molecular weight is 417 g/mol. The Hall–Kier alpha value is -2.38. The van der Waals surface area contributed by atoms with E-state index < -0.39 is 10.0 Å². The van der Waals surface area contributed by atoms with Crippen molar-refractivity contribution in [3.8, 4) is 5.75 Å². The molecule has 0 saturated carbocycles. The van der Waals surface area contributed by atoms with Crippen LogP contribution in [0.25, 0.3) is 0 Å². The van der Waals surface area contributed by atoms with E-state index >= 15 is 0 Å². The predicted molar refractivity (Wildman–Crippen MR) is 114 cm³/mol. The Labute approximate surface area is 172 Å². The number of nitrogens with zero attached hydrogens (tertiary/aromatic N) is 1. The van der Waals surface area contributed by atoms with Crippen molar-refractivity contribution in [3.63, 3.8) is 0 Å². The lowest BCUT2D eigenvalue weighted by Crippen LogP contribution is -2.43. The molecule has 1 fully saturated rings. The molecule has 0 bridgehead atoms. The molecule has 7 heteroatoms. The van der Waals surface area contributed by atoms with Gasteiger partial charge in [-0.1, -0.05) is 6.07 Å². The molecule has 29 heavy (non-hydrogen) atoms. The second kappa shape index (κ2) is 8.55. The second-order valence-electron chi connectivity index (χ2n) is 7.62. The number of methoxy groups -OCH3 is 1. The van der Waals surface area contributed by atoms with Gasteiger partial charge in [-0.05, 0) is 80.6 Å². The molecule has 1 aliphatic heterocycles. The molecule has 6 nitrogen and oxygen atoms in total. The molecule has 0 aliphatic carbocycles. The highest BCUT2D eigenvalue weighted by Gasteiger charge is 2.33. The maximum absolute atomic E-state index is 13.1. The lowest BCUT2D eigenvalue weighted by Gasteiger charge is -2.31. The number of ether oxygens (including phenoxy) is 1. The maximum Gasteiger partial charge on any atom is 0.243 e. The average Bonchev–Trinajstić information content (AvgIpc) is 2.70. The molecule has 0 spiro atoms. The van der Waals surface area contributed by atoms with Crippen molar-refractivity contribution < 1.29 is 17.9 Å². The fraction of sp³-hybridized carbons (Fsp3) is 0.409. The Balaban J connectivity index is 1.74. The number of nitrogens with one attached hydrogen (secondary N) is 1. The van der Waals surface area contributed by atoms with Crippen LogP contribution in [0.5, 0.6) is 5.75 Å². The number of anilines is 1. The Morgan fingerprint density at radius 3 is 2.48 bits per heavy atom. The van der Waals surface area contributed by atoms with Crippen molar-refractivity contribution >= 4 is 21.6 Å². The SMILES string of the molecule is COc1ccc(S(=O)(=O)N2CCCC(C(=O)Nc3ccc(C)c(C)c3)C2)cc1C. The summed E-state index contributed by atoms with van der Waals surface area (Å²) in [5.74, 6) is 0.131. The third-order valence-corrected chi connectivity index (χ3v) is 7.39. The molecular weight excluding hydrogens is 388 g/mol. The van der Waals surface area contributed by atoms with Crippen LogP contribution in [0.1, 0.15) is 29.5 Å². The smallest absolute Gasteiger partial charge is 0.243 e. The molecule has 0 aromatic heterocycles. The van der Waals surface area contributed by atoms with E-state index in [0.717, 1.165) is 22.4 Å². The van der Waals surface area contributed by atoms with Gasteiger partial charge in [0.2, 0.25) is 15.9 Å². The van der Waals surface area contributed by atoms with Gasteiger partial charge in [-0.2, -0.15) is 4.31 Å². The lowest BCUT2D eigenvalue weighted by molar-refractivity contribution is -0.120. The van der Waals surface area contributed by atoms with E-state index in [4.69, 9.17) is 4.74 Å². The first-order valence-corrected chi connectivity index (χ1v) is 11.2.